The molecule has 268 valence electrons. The third-order valence-corrected chi connectivity index (χ3v) is 8.84. The van der Waals surface area contributed by atoms with Gasteiger partial charge in [0.15, 0.2) is 0 Å². The second kappa shape index (κ2) is 37.6. The smallest absolute Gasteiger partial charge is 0.306 e. The molecule has 4 nitrogen and oxygen atoms in total. The topological polar surface area (TPSA) is 63.6 Å². The van der Waals surface area contributed by atoms with E-state index in [1.165, 1.54) is 135 Å². The SMILES string of the molecule is CC/C=C\C/C=C\C(/C=C\CCCCCC(=O)O)OC(=O)CCCCCCCCCCCCCCCCCCCCCCCCC. The number of hydrogen-bond donors (Lipinski definition) is 1. The van der Waals surface area contributed by atoms with E-state index in [4.69, 9.17) is 9.84 Å². The first kappa shape index (κ1) is 44.2. The van der Waals surface area contributed by atoms with Crippen LogP contribution in [0.1, 0.15) is 213 Å². The van der Waals surface area contributed by atoms with Crippen LogP contribution in [0.3, 0.4) is 0 Å². The highest BCUT2D eigenvalue weighted by Gasteiger charge is 2.08. The largest absolute Gasteiger partial charge is 0.481 e. The maximum Gasteiger partial charge on any atom is 0.306 e. The number of carbonyl (C=O) groups is 2. The third-order valence-electron chi connectivity index (χ3n) is 8.84. The molecule has 0 aromatic heterocycles. The summed E-state index contributed by atoms with van der Waals surface area (Å²) >= 11 is 0. The fourth-order valence-corrected chi connectivity index (χ4v) is 5.91. The van der Waals surface area contributed by atoms with Crippen LogP contribution in [0.4, 0.5) is 0 Å². The number of allylic oxidation sites excluding steroid dienone is 4. The third kappa shape index (κ3) is 36.6. The average molecular weight is 645 g/mol. The van der Waals surface area contributed by atoms with Gasteiger partial charge in [-0.25, -0.2) is 0 Å². The van der Waals surface area contributed by atoms with Crippen LogP contribution in [0.25, 0.3) is 0 Å². The summed E-state index contributed by atoms with van der Waals surface area (Å²) in [5.41, 5.74) is 0. The summed E-state index contributed by atoms with van der Waals surface area (Å²) in [5, 5.41) is 8.75. The van der Waals surface area contributed by atoms with Crippen LogP contribution in [0.2, 0.25) is 0 Å². The molecule has 0 aliphatic carbocycles. The lowest BCUT2D eigenvalue weighted by atomic mass is 10.0. The number of ether oxygens (including phenoxy) is 1. The van der Waals surface area contributed by atoms with Crippen LogP contribution >= 0.6 is 0 Å². The van der Waals surface area contributed by atoms with Crippen molar-refractivity contribution in [2.75, 3.05) is 0 Å². The number of carboxylic acids is 1. The summed E-state index contributed by atoms with van der Waals surface area (Å²) in [6.07, 6.45) is 49.5. The molecular weight excluding hydrogens is 568 g/mol. The van der Waals surface area contributed by atoms with Gasteiger partial charge < -0.3 is 9.84 Å². The van der Waals surface area contributed by atoms with Gasteiger partial charge in [-0.3, -0.25) is 9.59 Å². The highest BCUT2D eigenvalue weighted by atomic mass is 16.5. The van der Waals surface area contributed by atoms with E-state index in [-0.39, 0.29) is 18.5 Å². The van der Waals surface area contributed by atoms with Gasteiger partial charge in [-0.1, -0.05) is 186 Å². The molecule has 0 bridgehead atoms. The van der Waals surface area contributed by atoms with Crippen LogP contribution in [0, 0.1) is 0 Å². The quantitative estimate of drug-likeness (QED) is 0.0419. The minimum absolute atomic E-state index is 0.117. The number of aliphatic carboxylic acids is 1. The van der Waals surface area contributed by atoms with Gasteiger partial charge in [0.2, 0.25) is 0 Å². The molecule has 0 radical (unpaired) electrons. The molecule has 0 aromatic carbocycles. The molecule has 1 N–H and O–H groups in total. The zero-order valence-corrected chi connectivity index (χ0v) is 30.6. The predicted octanol–water partition coefficient (Wildman–Crippen LogP) is 13.8. The number of esters is 1. The summed E-state index contributed by atoms with van der Waals surface area (Å²) in [7, 11) is 0. The number of carbonyl (C=O) groups excluding carboxylic acids is 1. The van der Waals surface area contributed by atoms with Gasteiger partial charge in [0.25, 0.3) is 0 Å². The normalized spacial score (nSPS) is 12.6. The number of unbranched alkanes of at least 4 members (excludes halogenated alkanes) is 25. The van der Waals surface area contributed by atoms with Crippen molar-refractivity contribution < 1.29 is 19.4 Å². The van der Waals surface area contributed by atoms with Gasteiger partial charge in [-0.2, -0.15) is 0 Å². The summed E-state index contributed by atoms with van der Waals surface area (Å²) < 4.78 is 5.75. The average Bonchev–Trinajstić information content (AvgIpc) is 3.04. The van der Waals surface area contributed by atoms with Crippen molar-refractivity contribution in [1.29, 1.82) is 0 Å². The van der Waals surface area contributed by atoms with Crippen molar-refractivity contribution in [3.05, 3.63) is 36.5 Å². The zero-order chi connectivity index (χ0) is 33.6. The molecule has 1 atom stereocenters. The number of carboxylic acid groups (broad SMARTS) is 1. The van der Waals surface area contributed by atoms with Crippen molar-refractivity contribution in [2.24, 2.45) is 0 Å². The molecule has 4 heteroatoms. The summed E-state index contributed by atoms with van der Waals surface area (Å²) in [5.74, 6) is -0.848. The minimum Gasteiger partial charge on any atom is -0.481 e. The Morgan fingerprint density at radius 2 is 0.913 bits per heavy atom. The molecule has 0 spiro atoms. The molecule has 46 heavy (non-hydrogen) atoms. The van der Waals surface area contributed by atoms with E-state index in [0.29, 0.717) is 12.8 Å². The Labute approximate surface area is 286 Å². The lowest BCUT2D eigenvalue weighted by Crippen LogP contribution is -2.13. The van der Waals surface area contributed by atoms with E-state index in [9.17, 15) is 9.59 Å². The fourth-order valence-electron chi connectivity index (χ4n) is 5.91. The molecule has 0 aliphatic heterocycles. The number of hydrogen-bond acceptors (Lipinski definition) is 3. The fraction of sp³-hybridized carbons (Fsp3) is 0.810. The monoisotopic (exact) mass is 645 g/mol. The van der Waals surface area contributed by atoms with Gasteiger partial charge in [-0.15, -0.1) is 0 Å². The Bertz CT molecular complexity index is 738. The Balaban J connectivity index is 3.71. The molecule has 0 fully saturated rings. The van der Waals surface area contributed by atoms with Crippen molar-refractivity contribution in [2.45, 2.75) is 219 Å². The second-order valence-electron chi connectivity index (χ2n) is 13.4. The lowest BCUT2D eigenvalue weighted by molar-refractivity contribution is -0.145. The summed E-state index contributed by atoms with van der Waals surface area (Å²) in [4.78, 5) is 23.1. The van der Waals surface area contributed by atoms with Crippen molar-refractivity contribution in [3.63, 3.8) is 0 Å². The highest BCUT2D eigenvalue weighted by Crippen LogP contribution is 2.16. The van der Waals surface area contributed by atoms with E-state index < -0.39 is 5.97 Å². The first-order valence-electron chi connectivity index (χ1n) is 20.0. The van der Waals surface area contributed by atoms with Crippen LogP contribution in [0.15, 0.2) is 36.5 Å². The van der Waals surface area contributed by atoms with Crippen LogP contribution in [-0.4, -0.2) is 23.1 Å². The zero-order valence-electron chi connectivity index (χ0n) is 30.6. The lowest BCUT2D eigenvalue weighted by Gasteiger charge is -2.11. The minimum atomic E-state index is -0.731. The van der Waals surface area contributed by atoms with Crippen molar-refractivity contribution in [1.82, 2.24) is 0 Å². The van der Waals surface area contributed by atoms with E-state index in [0.717, 1.165) is 44.9 Å². The molecule has 0 heterocycles. The Kier molecular flexibility index (Phi) is 36.1. The second-order valence-corrected chi connectivity index (χ2v) is 13.4. The standard InChI is InChI=1S/C42H76O4/c1-3-5-7-9-10-11-12-13-14-15-16-17-18-19-20-21-22-23-24-25-26-31-35-39-42(45)46-40(36-32-28-8-6-4-2)37-33-29-27-30-34-38-41(43)44/h6,8,32-33,36-37,40H,3-5,7,9-31,34-35,38-39H2,1-2H3,(H,43,44)/b8-6-,36-32-,37-33-. The van der Waals surface area contributed by atoms with Crippen molar-refractivity contribution >= 4 is 11.9 Å². The van der Waals surface area contributed by atoms with E-state index in [2.05, 4.69) is 38.2 Å². The van der Waals surface area contributed by atoms with Gasteiger partial charge in [0, 0.05) is 12.8 Å². The van der Waals surface area contributed by atoms with Gasteiger partial charge in [-0.05, 0) is 50.7 Å². The number of rotatable bonds is 36. The maximum atomic E-state index is 12.5. The Morgan fingerprint density at radius 1 is 0.500 bits per heavy atom. The molecular formula is C42H76O4. The molecule has 1 unspecified atom stereocenters. The van der Waals surface area contributed by atoms with Crippen LogP contribution in [-0.2, 0) is 14.3 Å². The molecule has 0 saturated carbocycles. The van der Waals surface area contributed by atoms with Crippen molar-refractivity contribution in [3.8, 4) is 0 Å². The molecule has 0 aliphatic rings. The molecule has 0 rings (SSSR count). The summed E-state index contributed by atoms with van der Waals surface area (Å²) in [6.45, 7) is 4.41. The van der Waals surface area contributed by atoms with Crippen LogP contribution in [0.5, 0.6) is 0 Å². The van der Waals surface area contributed by atoms with Gasteiger partial charge in [0.1, 0.15) is 6.10 Å². The maximum absolute atomic E-state index is 12.5. The van der Waals surface area contributed by atoms with Crippen LogP contribution < -0.4 is 0 Å². The van der Waals surface area contributed by atoms with Gasteiger partial charge in [0.05, 0.1) is 0 Å². The first-order valence-corrected chi connectivity index (χ1v) is 20.0. The molecule has 0 saturated heterocycles. The Morgan fingerprint density at radius 3 is 1.37 bits per heavy atom. The highest BCUT2D eigenvalue weighted by molar-refractivity contribution is 5.69. The Hall–Kier alpha value is -1.84. The van der Waals surface area contributed by atoms with Gasteiger partial charge >= 0.3 is 11.9 Å². The molecule has 0 aromatic rings. The predicted molar refractivity (Wildman–Crippen MR) is 199 cm³/mol. The molecule has 0 amide bonds. The first-order chi connectivity index (χ1) is 22.6. The summed E-state index contributed by atoms with van der Waals surface area (Å²) in [6, 6.07) is 0. The van der Waals surface area contributed by atoms with E-state index in [1.807, 2.05) is 12.2 Å². The van der Waals surface area contributed by atoms with E-state index >= 15 is 0 Å². The van der Waals surface area contributed by atoms with E-state index in [1.54, 1.807) is 0 Å².